The third-order valence-electron chi connectivity index (χ3n) is 6.09. The Kier molecular flexibility index (Phi) is 5.64. The van der Waals surface area contributed by atoms with E-state index in [0.717, 1.165) is 31.4 Å². The molecule has 0 amide bonds. The van der Waals surface area contributed by atoms with Gasteiger partial charge in [0.15, 0.2) is 0 Å². The number of hydrogen-bond donors (Lipinski definition) is 2. The van der Waals surface area contributed by atoms with Crippen LogP contribution < -0.4 is 0 Å². The molecule has 0 saturated carbocycles. The van der Waals surface area contributed by atoms with Crippen LogP contribution in [0.15, 0.2) is 54.6 Å². The van der Waals surface area contributed by atoms with E-state index in [2.05, 4.69) is 56.9 Å². The summed E-state index contributed by atoms with van der Waals surface area (Å²) in [6.45, 7) is 9.84. The predicted octanol–water partition coefficient (Wildman–Crippen LogP) is 4.93. The van der Waals surface area contributed by atoms with Crippen LogP contribution in [-0.4, -0.2) is 38.8 Å². The largest absolute Gasteiger partial charge is 0.508 e. The van der Waals surface area contributed by atoms with Crippen LogP contribution in [0.1, 0.15) is 64.0 Å². The number of rotatable bonds is 5. The first kappa shape index (κ1) is 19.9. The monoisotopic (exact) mass is 367 g/mol. The van der Waals surface area contributed by atoms with E-state index in [1.54, 1.807) is 6.07 Å². The molecule has 1 fully saturated rings. The minimum absolute atomic E-state index is 0.0544. The van der Waals surface area contributed by atoms with Gasteiger partial charge in [0.1, 0.15) is 5.75 Å². The van der Waals surface area contributed by atoms with Crippen LogP contribution in [0.25, 0.3) is 0 Å². The number of phenolic OH excluding ortho intramolecular Hbond substituents is 1. The Bertz CT molecular complexity index is 736. The zero-order valence-electron chi connectivity index (χ0n) is 17.0. The third kappa shape index (κ3) is 4.36. The summed E-state index contributed by atoms with van der Waals surface area (Å²) in [6, 6.07) is 18.1. The number of likely N-dealkylation sites (tertiary alicyclic amines) is 1. The minimum Gasteiger partial charge on any atom is -0.508 e. The van der Waals surface area contributed by atoms with Crippen LogP contribution in [-0.2, 0) is 0 Å². The third-order valence-corrected chi connectivity index (χ3v) is 6.09. The molecule has 1 unspecified atom stereocenters. The molecule has 3 rings (SSSR count). The molecular formula is C24H33NO2. The van der Waals surface area contributed by atoms with Gasteiger partial charge in [-0.05, 0) is 58.6 Å². The van der Waals surface area contributed by atoms with Crippen molar-refractivity contribution in [1.82, 2.24) is 4.90 Å². The number of para-hydroxylation sites is 1. The second-order valence-electron chi connectivity index (χ2n) is 9.15. The number of benzene rings is 2. The van der Waals surface area contributed by atoms with Crippen molar-refractivity contribution in [2.75, 3.05) is 6.54 Å². The van der Waals surface area contributed by atoms with Gasteiger partial charge in [0, 0.05) is 29.1 Å². The maximum atomic E-state index is 10.5. The topological polar surface area (TPSA) is 43.7 Å². The standard InChI is InChI=1S/C24H33NO2/c1-23(2)16-19(26)17-24(3,4)25(23)15-14-20(18-10-6-5-7-11-18)21-12-8-9-13-22(21)27/h5-13,19-20,26-27H,14-17H2,1-4H3. The zero-order chi connectivity index (χ0) is 19.7. The number of aliphatic hydroxyl groups excluding tert-OH is 1. The summed E-state index contributed by atoms with van der Waals surface area (Å²) in [5.74, 6) is 0.504. The van der Waals surface area contributed by atoms with E-state index in [4.69, 9.17) is 0 Å². The molecular weight excluding hydrogens is 334 g/mol. The Labute approximate surface area is 163 Å². The van der Waals surface area contributed by atoms with E-state index in [-0.39, 0.29) is 23.1 Å². The molecule has 3 nitrogen and oxygen atoms in total. The summed E-state index contributed by atoms with van der Waals surface area (Å²) in [5, 5.41) is 20.8. The van der Waals surface area contributed by atoms with E-state index >= 15 is 0 Å². The summed E-state index contributed by atoms with van der Waals surface area (Å²) in [7, 11) is 0. The van der Waals surface area contributed by atoms with Gasteiger partial charge in [-0.15, -0.1) is 0 Å². The fraction of sp³-hybridized carbons (Fsp3) is 0.500. The Morgan fingerprint density at radius 3 is 2.07 bits per heavy atom. The molecule has 146 valence electrons. The van der Waals surface area contributed by atoms with Gasteiger partial charge in [-0.25, -0.2) is 0 Å². The fourth-order valence-electron chi connectivity index (χ4n) is 5.10. The maximum absolute atomic E-state index is 10.5. The number of aliphatic hydroxyl groups is 1. The summed E-state index contributed by atoms with van der Waals surface area (Å²) < 4.78 is 0. The lowest BCUT2D eigenvalue weighted by atomic mass is 9.77. The number of hydrogen-bond acceptors (Lipinski definition) is 3. The van der Waals surface area contributed by atoms with Crippen LogP contribution in [0.2, 0.25) is 0 Å². The number of phenols is 1. The first-order valence-electron chi connectivity index (χ1n) is 9.99. The van der Waals surface area contributed by atoms with Crippen LogP contribution in [0.3, 0.4) is 0 Å². The van der Waals surface area contributed by atoms with Gasteiger partial charge in [-0.1, -0.05) is 48.5 Å². The van der Waals surface area contributed by atoms with Crippen molar-refractivity contribution in [3.63, 3.8) is 0 Å². The summed E-state index contributed by atoms with van der Waals surface area (Å²) in [4.78, 5) is 2.54. The predicted molar refractivity (Wildman–Crippen MR) is 111 cm³/mol. The number of aromatic hydroxyl groups is 1. The lowest BCUT2D eigenvalue weighted by Gasteiger charge is -2.54. The molecule has 1 aliphatic rings. The van der Waals surface area contributed by atoms with Gasteiger partial charge < -0.3 is 10.2 Å². The molecule has 2 aromatic carbocycles. The van der Waals surface area contributed by atoms with Gasteiger partial charge >= 0.3 is 0 Å². The molecule has 1 aliphatic heterocycles. The highest BCUT2D eigenvalue weighted by atomic mass is 16.3. The highest BCUT2D eigenvalue weighted by Crippen LogP contribution is 2.40. The smallest absolute Gasteiger partial charge is 0.119 e. The zero-order valence-corrected chi connectivity index (χ0v) is 17.0. The molecule has 1 atom stereocenters. The first-order chi connectivity index (χ1) is 12.7. The minimum atomic E-state index is -0.241. The van der Waals surface area contributed by atoms with Crippen molar-refractivity contribution in [3.05, 3.63) is 65.7 Å². The van der Waals surface area contributed by atoms with E-state index in [1.807, 2.05) is 24.3 Å². The van der Waals surface area contributed by atoms with E-state index in [0.29, 0.717) is 5.75 Å². The SMILES string of the molecule is CC1(C)CC(O)CC(C)(C)N1CCC(c1ccccc1)c1ccccc1O. The summed E-state index contributed by atoms with van der Waals surface area (Å²) >= 11 is 0. The van der Waals surface area contributed by atoms with Crippen LogP contribution in [0.4, 0.5) is 0 Å². The molecule has 0 aromatic heterocycles. The van der Waals surface area contributed by atoms with E-state index in [9.17, 15) is 10.2 Å². The summed E-state index contributed by atoms with van der Waals surface area (Å²) in [6.07, 6.45) is 2.27. The van der Waals surface area contributed by atoms with E-state index < -0.39 is 0 Å². The highest BCUT2D eigenvalue weighted by Gasteiger charge is 2.44. The molecule has 2 N–H and O–H groups in total. The summed E-state index contributed by atoms with van der Waals surface area (Å²) in [5.41, 5.74) is 2.10. The van der Waals surface area contributed by atoms with E-state index in [1.165, 1.54) is 5.56 Å². The second kappa shape index (κ2) is 7.65. The molecule has 2 aromatic rings. The van der Waals surface area contributed by atoms with Crippen molar-refractivity contribution < 1.29 is 10.2 Å². The van der Waals surface area contributed by atoms with Gasteiger partial charge in [0.2, 0.25) is 0 Å². The molecule has 0 aliphatic carbocycles. The van der Waals surface area contributed by atoms with Gasteiger partial charge in [-0.3, -0.25) is 4.90 Å². The second-order valence-corrected chi connectivity index (χ2v) is 9.15. The first-order valence-corrected chi connectivity index (χ1v) is 9.99. The lowest BCUT2D eigenvalue weighted by molar-refractivity contribution is -0.0812. The van der Waals surface area contributed by atoms with Crippen molar-refractivity contribution in [2.45, 2.75) is 70.1 Å². The maximum Gasteiger partial charge on any atom is 0.119 e. The average molecular weight is 368 g/mol. The van der Waals surface area contributed by atoms with Crippen molar-refractivity contribution in [2.24, 2.45) is 0 Å². The Balaban J connectivity index is 1.88. The molecule has 3 heteroatoms. The lowest BCUT2D eigenvalue weighted by Crippen LogP contribution is -2.62. The number of nitrogens with zero attached hydrogens (tertiary/aromatic N) is 1. The molecule has 1 heterocycles. The molecule has 0 radical (unpaired) electrons. The van der Waals surface area contributed by atoms with Gasteiger partial charge in [0.25, 0.3) is 0 Å². The van der Waals surface area contributed by atoms with Gasteiger partial charge in [0.05, 0.1) is 6.10 Å². The van der Waals surface area contributed by atoms with Crippen molar-refractivity contribution in [1.29, 1.82) is 0 Å². The Hall–Kier alpha value is -1.84. The molecule has 0 bridgehead atoms. The molecule has 27 heavy (non-hydrogen) atoms. The molecule has 0 spiro atoms. The van der Waals surface area contributed by atoms with Crippen LogP contribution in [0.5, 0.6) is 5.75 Å². The van der Waals surface area contributed by atoms with Crippen molar-refractivity contribution in [3.8, 4) is 5.75 Å². The Morgan fingerprint density at radius 2 is 1.48 bits per heavy atom. The number of piperidine rings is 1. The van der Waals surface area contributed by atoms with Crippen LogP contribution >= 0.6 is 0 Å². The average Bonchev–Trinajstić information content (AvgIpc) is 2.58. The van der Waals surface area contributed by atoms with Gasteiger partial charge in [-0.2, -0.15) is 0 Å². The van der Waals surface area contributed by atoms with Crippen LogP contribution in [0, 0.1) is 0 Å². The van der Waals surface area contributed by atoms with Crippen molar-refractivity contribution >= 4 is 0 Å². The Morgan fingerprint density at radius 1 is 0.926 bits per heavy atom. The fourth-order valence-corrected chi connectivity index (χ4v) is 5.10. The quantitative estimate of drug-likeness (QED) is 0.788. The highest BCUT2D eigenvalue weighted by molar-refractivity contribution is 5.41. The molecule has 1 saturated heterocycles. The normalized spacial score (nSPS) is 21.1.